The molecule has 0 fully saturated rings. The second kappa shape index (κ2) is 5.72. The fraction of sp³-hybridized carbons (Fsp3) is 0.412. The molecular formula is C17H23NO. The van der Waals surface area contributed by atoms with Gasteiger partial charge in [-0.05, 0) is 42.7 Å². The molecule has 0 saturated carbocycles. The largest absolute Gasteiger partial charge is 0.394 e. The molecule has 2 aromatic rings. The minimum atomic E-state index is -0.389. The van der Waals surface area contributed by atoms with Crippen LogP contribution < -0.4 is 5.32 Å². The molecule has 2 N–H and O–H groups in total. The lowest BCUT2D eigenvalue weighted by atomic mass is 9.90. The number of aliphatic hydroxyl groups excluding tert-OH is 1. The van der Waals surface area contributed by atoms with Crippen molar-refractivity contribution in [3.8, 4) is 0 Å². The first-order valence-corrected chi connectivity index (χ1v) is 6.97. The highest BCUT2D eigenvalue weighted by Gasteiger charge is 2.26. The Labute approximate surface area is 115 Å². The van der Waals surface area contributed by atoms with Crippen LogP contribution in [0.3, 0.4) is 0 Å². The predicted molar refractivity (Wildman–Crippen MR) is 81.3 cm³/mol. The molecule has 0 aliphatic rings. The number of aliphatic hydroxyl groups is 1. The quantitative estimate of drug-likeness (QED) is 0.860. The summed E-state index contributed by atoms with van der Waals surface area (Å²) in [6.45, 7) is 6.45. The lowest BCUT2D eigenvalue weighted by Gasteiger charge is -2.33. The van der Waals surface area contributed by atoms with E-state index >= 15 is 0 Å². The number of rotatable bonds is 5. The first kappa shape index (κ1) is 14.0. The Kier molecular flexibility index (Phi) is 4.23. The van der Waals surface area contributed by atoms with E-state index in [1.807, 2.05) is 12.1 Å². The summed E-state index contributed by atoms with van der Waals surface area (Å²) in [4.78, 5) is 0. The van der Waals surface area contributed by atoms with Gasteiger partial charge in [0.2, 0.25) is 0 Å². The van der Waals surface area contributed by atoms with E-state index < -0.39 is 0 Å². The van der Waals surface area contributed by atoms with Crippen molar-refractivity contribution in [2.45, 2.75) is 38.8 Å². The Balaban J connectivity index is 2.39. The van der Waals surface area contributed by atoms with E-state index in [1.165, 1.54) is 10.8 Å². The molecule has 19 heavy (non-hydrogen) atoms. The van der Waals surface area contributed by atoms with Crippen LogP contribution in [0.1, 0.15) is 32.8 Å². The van der Waals surface area contributed by atoms with Crippen molar-refractivity contribution in [3.63, 3.8) is 0 Å². The summed E-state index contributed by atoms with van der Waals surface area (Å²) in [5.74, 6) is 0. The summed E-state index contributed by atoms with van der Waals surface area (Å²) >= 11 is 0. The molecule has 0 bridgehead atoms. The minimum Gasteiger partial charge on any atom is -0.394 e. The zero-order valence-corrected chi connectivity index (χ0v) is 12.0. The topological polar surface area (TPSA) is 32.3 Å². The van der Waals surface area contributed by atoms with Crippen LogP contribution in [0.4, 0.5) is 0 Å². The van der Waals surface area contributed by atoms with Crippen molar-refractivity contribution < 1.29 is 5.11 Å². The van der Waals surface area contributed by atoms with Crippen LogP contribution in [-0.4, -0.2) is 17.8 Å². The van der Waals surface area contributed by atoms with Crippen molar-refractivity contribution >= 4 is 10.8 Å². The average Bonchev–Trinajstić information content (AvgIpc) is 2.46. The van der Waals surface area contributed by atoms with Gasteiger partial charge in [0.05, 0.1) is 12.1 Å². The van der Waals surface area contributed by atoms with Gasteiger partial charge in [-0.15, -0.1) is 0 Å². The molecule has 2 aromatic carbocycles. The summed E-state index contributed by atoms with van der Waals surface area (Å²) in [6, 6.07) is 15.1. The molecule has 2 heteroatoms. The second-order valence-electron chi connectivity index (χ2n) is 5.51. The lowest BCUT2D eigenvalue weighted by molar-refractivity contribution is 0.162. The molecule has 0 aliphatic carbocycles. The van der Waals surface area contributed by atoms with Gasteiger partial charge in [-0.1, -0.05) is 43.3 Å². The summed E-state index contributed by atoms with van der Waals surface area (Å²) in [5, 5.41) is 15.8. The van der Waals surface area contributed by atoms with Gasteiger partial charge in [0.25, 0.3) is 0 Å². The number of hydrogen-bond acceptors (Lipinski definition) is 2. The molecule has 0 radical (unpaired) electrons. The smallest absolute Gasteiger partial charge is 0.0652 e. The van der Waals surface area contributed by atoms with Crippen LogP contribution in [0, 0.1) is 0 Å². The molecule has 0 heterocycles. The minimum absolute atomic E-state index is 0.0929. The van der Waals surface area contributed by atoms with E-state index in [2.05, 4.69) is 56.4 Å². The lowest BCUT2D eigenvalue weighted by Crippen LogP contribution is -2.47. The van der Waals surface area contributed by atoms with Crippen LogP contribution in [0.2, 0.25) is 0 Å². The molecule has 2 atom stereocenters. The van der Waals surface area contributed by atoms with Crippen LogP contribution in [0.15, 0.2) is 42.5 Å². The molecule has 2 rings (SSSR count). The first-order valence-electron chi connectivity index (χ1n) is 6.97. The van der Waals surface area contributed by atoms with Gasteiger partial charge in [-0.3, -0.25) is 0 Å². The fourth-order valence-electron chi connectivity index (χ4n) is 2.40. The Morgan fingerprint density at radius 2 is 1.84 bits per heavy atom. The first-order chi connectivity index (χ1) is 9.09. The van der Waals surface area contributed by atoms with Crippen molar-refractivity contribution in [1.82, 2.24) is 5.32 Å². The molecule has 2 nitrogen and oxygen atoms in total. The number of benzene rings is 2. The van der Waals surface area contributed by atoms with E-state index in [0.29, 0.717) is 6.04 Å². The highest BCUT2D eigenvalue weighted by Crippen LogP contribution is 2.25. The van der Waals surface area contributed by atoms with Crippen molar-refractivity contribution in [2.75, 3.05) is 6.61 Å². The standard InChI is InChI=1S/C17H23NO/c1-4-13(2)18-17(3,12-19)16-10-9-14-7-5-6-8-15(14)11-16/h5-11,13,18-19H,4,12H2,1-3H3. The van der Waals surface area contributed by atoms with Crippen molar-refractivity contribution in [1.29, 1.82) is 0 Å². The normalized spacial score (nSPS) is 16.2. The number of hydrogen-bond donors (Lipinski definition) is 2. The Bertz CT molecular complexity index is 552. The maximum absolute atomic E-state index is 9.79. The van der Waals surface area contributed by atoms with E-state index in [0.717, 1.165) is 12.0 Å². The van der Waals surface area contributed by atoms with Crippen LogP contribution >= 0.6 is 0 Å². The van der Waals surface area contributed by atoms with E-state index in [9.17, 15) is 5.11 Å². The fourth-order valence-corrected chi connectivity index (χ4v) is 2.40. The molecule has 0 saturated heterocycles. The number of fused-ring (bicyclic) bond motifs is 1. The predicted octanol–water partition coefficient (Wildman–Crippen LogP) is 3.44. The van der Waals surface area contributed by atoms with Gasteiger partial charge in [0.15, 0.2) is 0 Å². The second-order valence-corrected chi connectivity index (χ2v) is 5.51. The average molecular weight is 257 g/mol. The van der Waals surface area contributed by atoms with E-state index in [1.54, 1.807) is 0 Å². The van der Waals surface area contributed by atoms with Gasteiger partial charge in [-0.2, -0.15) is 0 Å². The third-order valence-electron chi connectivity index (χ3n) is 3.88. The zero-order chi connectivity index (χ0) is 13.9. The van der Waals surface area contributed by atoms with Gasteiger partial charge in [0, 0.05) is 6.04 Å². The zero-order valence-electron chi connectivity index (χ0n) is 12.0. The van der Waals surface area contributed by atoms with E-state index in [-0.39, 0.29) is 12.1 Å². The monoisotopic (exact) mass is 257 g/mol. The highest BCUT2D eigenvalue weighted by molar-refractivity contribution is 5.83. The maximum atomic E-state index is 9.79. The van der Waals surface area contributed by atoms with Crippen LogP contribution in [-0.2, 0) is 5.54 Å². The highest BCUT2D eigenvalue weighted by atomic mass is 16.3. The maximum Gasteiger partial charge on any atom is 0.0652 e. The molecule has 102 valence electrons. The van der Waals surface area contributed by atoms with E-state index in [4.69, 9.17) is 0 Å². The third-order valence-corrected chi connectivity index (χ3v) is 3.88. The molecule has 2 unspecified atom stereocenters. The Hall–Kier alpha value is -1.38. The molecule has 0 aliphatic heterocycles. The van der Waals surface area contributed by atoms with Gasteiger partial charge < -0.3 is 10.4 Å². The SMILES string of the molecule is CCC(C)NC(C)(CO)c1ccc2ccccc2c1. The van der Waals surface area contributed by atoms with Gasteiger partial charge in [0.1, 0.15) is 0 Å². The summed E-state index contributed by atoms with van der Waals surface area (Å²) < 4.78 is 0. The Morgan fingerprint density at radius 1 is 1.16 bits per heavy atom. The van der Waals surface area contributed by atoms with Crippen LogP contribution in [0.25, 0.3) is 10.8 Å². The molecule has 0 spiro atoms. The molecular weight excluding hydrogens is 234 g/mol. The number of nitrogens with one attached hydrogen (secondary N) is 1. The van der Waals surface area contributed by atoms with Crippen LogP contribution in [0.5, 0.6) is 0 Å². The molecule has 0 aromatic heterocycles. The van der Waals surface area contributed by atoms with Crippen molar-refractivity contribution in [2.24, 2.45) is 0 Å². The molecule has 0 amide bonds. The third kappa shape index (κ3) is 2.96. The summed E-state index contributed by atoms with van der Waals surface area (Å²) in [6.07, 6.45) is 1.04. The van der Waals surface area contributed by atoms with Gasteiger partial charge >= 0.3 is 0 Å². The summed E-state index contributed by atoms with van der Waals surface area (Å²) in [7, 11) is 0. The van der Waals surface area contributed by atoms with Gasteiger partial charge in [-0.25, -0.2) is 0 Å². The Morgan fingerprint density at radius 3 is 2.47 bits per heavy atom. The summed E-state index contributed by atoms with van der Waals surface area (Å²) in [5.41, 5.74) is 0.744. The van der Waals surface area contributed by atoms with Crippen molar-refractivity contribution in [3.05, 3.63) is 48.0 Å².